The number of hydrogen-bond acceptors (Lipinski definition) is 1. The number of hydrogen-bond donors (Lipinski definition) is 0. The van der Waals surface area contributed by atoms with Gasteiger partial charge in [0.05, 0.1) is 5.56 Å². The summed E-state index contributed by atoms with van der Waals surface area (Å²) in [4.78, 5) is 12.2. The Hall–Kier alpha value is -2.10. The number of alkyl halides is 3. The van der Waals surface area contributed by atoms with Gasteiger partial charge in [-0.15, -0.1) is 0 Å². The number of benzene rings is 2. The number of Topliss-reactive ketones (excluding diaryl/α,β-unsaturated/α-hetero) is 1. The molecule has 0 heterocycles. The Bertz CT molecular complexity index is 585. The molecular weight excluding hydrogens is 265 g/mol. The molecule has 1 nitrogen and oxygen atoms in total. The zero-order valence-electron chi connectivity index (χ0n) is 10.8. The second-order valence-electron chi connectivity index (χ2n) is 4.57. The highest BCUT2D eigenvalue weighted by atomic mass is 19.4. The summed E-state index contributed by atoms with van der Waals surface area (Å²) in [6.07, 6.45) is -4.36. The van der Waals surface area contributed by atoms with E-state index in [2.05, 4.69) is 0 Å². The standard InChI is InChI=1S/C16H13F3O/c1-11(15(20)13-5-3-2-4-6-13)12-7-9-14(10-8-12)16(17,18)19/h2-11H,1H3/t11-/m1/s1. The first-order chi connectivity index (χ1) is 9.39. The Labute approximate surface area is 115 Å². The molecule has 0 fully saturated rings. The summed E-state index contributed by atoms with van der Waals surface area (Å²) in [6.45, 7) is 1.69. The third-order valence-electron chi connectivity index (χ3n) is 3.19. The summed E-state index contributed by atoms with van der Waals surface area (Å²) in [7, 11) is 0. The molecule has 104 valence electrons. The predicted octanol–water partition coefficient (Wildman–Crippen LogP) is 4.69. The Morgan fingerprint density at radius 2 is 1.50 bits per heavy atom. The van der Waals surface area contributed by atoms with Crippen LogP contribution in [0.2, 0.25) is 0 Å². The van der Waals surface area contributed by atoms with E-state index in [1.54, 1.807) is 37.3 Å². The van der Waals surface area contributed by atoms with E-state index in [9.17, 15) is 18.0 Å². The highest BCUT2D eigenvalue weighted by Gasteiger charge is 2.30. The average Bonchev–Trinajstić information content (AvgIpc) is 2.46. The zero-order valence-corrected chi connectivity index (χ0v) is 10.8. The van der Waals surface area contributed by atoms with Crippen molar-refractivity contribution in [3.63, 3.8) is 0 Å². The van der Waals surface area contributed by atoms with E-state index in [0.717, 1.165) is 12.1 Å². The molecule has 0 aliphatic rings. The summed E-state index contributed by atoms with van der Waals surface area (Å²) in [5, 5.41) is 0. The van der Waals surface area contributed by atoms with Crippen LogP contribution in [0.5, 0.6) is 0 Å². The fraction of sp³-hybridized carbons (Fsp3) is 0.188. The average molecular weight is 278 g/mol. The molecule has 20 heavy (non-hydrogen) atoms. The van der Waals surface area contributed by atoms with E-state index < -0.39 is 17.7 Å². The Morgan fingerprint density at radius 3 is 2.00 bits per heavy atom. The molecule has 0 saturated heterocycles. The molecule has 0 radical (unpaired) electrons. The second kappa shape index (κ2) is 5.49. The maximum Gasteiger partial charge on any atom is 0.416 e. The lowest BCUT2D eigenvalue weighted by molar-refractivity contribution is -0.137. The fourth-order valence-corrected chi connectivity index (χ4v) is 1.96. The van der Waals surface area contributed by atoms with Crippen molar-refractivity contribution in [3.05, 3.63) is 71.3 Å². The largest absolute Gasteiger partial charge is 0.416 e. The Kier molecular flexibility index (Phi) is 3.93. The van der Waals surface area contributed by atoms with Gasteiger partial charge in [-0.1, -0.05) is 49.4 Å². The minimum atomic E-state index is -4.36. The molecule has 0 N–H and O–H groups in total. The van der Waals surface area contributed by atoms with Gasteiger partial charge in [-0.05, 0) is 17.7 Å². The Morgan fingerprint density at radius 1 is 0.950 bits per heavy atom. The van der Waals surface area contributed by atoms with Gasteiger partial charge in [-0.3, -0.25) is 4.79 Å². The first kappa shape index (κ1) is 14.3. The summed E-state index contributed by atoms with van der Waals surface area (Å²) < 4.78 is 37.4. The van der Waals surface area contributed by atoms with Crippen molar-refractivity contribution < 1.29 is 18.0 Å². The van der Waals surface area contributed by atoms with E-state index in [1.165, 1.54) is 12.1 Å². The van der Waals surface area contributed by atoms with Crippen LogP contribution in [0.4, 0.5) is 13.2 Å². The first-order valence-electron chi connectivity index (χ1n) is 6.16. The lowest BCUT2D eigenvalue weighted by atomic mass is 9.92. The molecule has 0 unspecified atom stereocenters. The van der Waals surface area contributed by atoms with Crippen LogP contribution in [-0.2, 0) is 6.18 Å². The van der Waals surface area contributed by atoms with E-state index >= 15 is 0 Å². The molecular formula is C16H13F3O. The van der Waals surface area contributed by atoms with Gasteiger partial charge in [0.25, 0.3) is 0 Å². The molecule has 0 spiro atoms. The van der Waals surface area contributed by atoms with Crippen LogP contribution < -0.4 is 0 Å². The summed E-state index contributed by atoms with van der Waals surface area (Å²) >= 11 is 0. The number of halogens is 3. The lowest BCUT2D eigenvalue weighted by Crippen LogP contribution is -2.10. The van der Waals surface area contributed by atoms with Gasteiger partial charge < -0.3 is 0 Å². The third-order valence-corrected chi connectivity index (χ3v) is 3.19. The first-order valence-corrected chi connectivity index (χ1v) is 6.16. The van der Waals surface area contributed by atoms with Crippen molar-refractivity contribution in [2.45, 2.75) is 19.0 Å². The Balaban J connectivity index is 2.22. The summed E-state index contributed by atoms with van der Waals surface area (Å²) in [5.74, 6) is -0.579. The minimum absolute atomic E-state index is 0.106. The third kappa shape index (κ3) is 3.07. The van der Waals surface area contributed by atoms with Crippen molar-refractivity contribution in [2.75, 3.05) is 0 Å². The van der Waals surface area contributed by atoms with Gasteiger partial charge in [-0.2, -0.15) is 13.2 Å². The zero-order chi connectivity index (χ0) is 14.8. The van der Waals surface area contributed by atoms with Crippen LogP contribution in [0.1, 0.15) is 34.3 Å². The fourth-order valence-electron chi connectivity index (χ4n) is 1.96. The van der Waals surface area contributed by atoms with Crippen LogP contribution in [0.25, 0.3) is 0 Å². The quantitative estimate of drug-likeness (QED) is 0.744. The molecule has 0 aliphatic carbocycles. The molecule has 0 aliphatic heterocycles. The van der Waals surface area contributed by atoms with Gasteiger partial charge in [0.1, 0.15) is 0 Å². The van der Waals surface area contributed by atoms with Crippen LogP contribution in [-0.4, -0.2) is 5.78 Å². The predicted molar refractivity (Wildman–Crippen MR) is 70.6 cm³/mol. The number of ketones is 1. The van der Waals surface area contributed by atoms with Gasteiger partial charge in [0.15, 0.2) is 5.78 Å². The molecule has 2 aromatic rings. The van der Waals surface area contributed by atoms with Crippen molar-refractivity contribution in [2.24, 2.45) is 0 Å². The van der Waals surface area contributed by atoms with Crippen LogP contribution in [0.15, 0.2) is 54.6 Å². The molecule has 0 saturated carbocycles. The van der Waals surface area contributed by atoms with E-state index in [1.807, 2.05) is 0 Å². The molecule has 0 amide bonds. The normalized spacial score (nSPS) is 13.0. The maximum atomic E-state index is 12.5. The topological polar surface area (TPSA) is 17.1 Å². The number of carbonyl (C=O) groups excluding carboxylic acids is 1. The van der Waals surface area contributed by atoms with Crippen molar-refractivity contribution in [3.8, 4) is 0 Å². The number of carbonyl (C=O) groups is 1. The lowest BCUT2D eigenvalue weighted by Gasteiger charge is -2.12. The molecule has 0 bridgehead atoms. The molecule has 2 aromatic carbocycles. The highest BCUT2D eigenvalue weighted by molar-refractivity contribution is 6.00. The van der Waals surface area contributed by atoms with Gasteiger partial charge in [0, 0.05) is 11.5 Å². The number of rotatable bonds is 3. The smallest absolute Gasteiger partial charge is 0.294 e. The van der Waals surface area contributed by atoms with Crippen LogP contribution in [0.3, 0.4) is 0 Å². The van der Waals surface area contributed by atoms with Gasteiger partial charge in [0.2, 0.25) is 0 Å². The second-order valence-corrected chi connectivity index (χ2v) is 4.57. The van der Waals surface area contributed by atoms with Crippen molar-refractivity contribution in [1.29, 1.82) is 0 Å². The van der Waals surface area contributed by atoms with Gasteiger partial charge >= 0.3 is 6.18 Å². The molecule has 1 atom stereocenters. The summed E-state index contributed by atoms with van der Waals surface area (Å²) in [5.41, 5.74) is 0.423. The van der Waals surface area contributed by atoms with E-state index in [0.29, 0.717) is 11.1 Å². The SMILES string of the molecule is C[C@@H](C(=O)c1ccccc1)c1ccc(C(F)(F)F)cc1. The highest BCUT2D eigenvalue weighted by Crippen LogP contribution is 2.30. The van der Waals surface area contributed by atoms with Crippen LogP contribution in [0, 0.1) is 0 Å². The van der Waals surface area contributed by atoms with Gasteiger partial charge in [-0.25, -0.2) is 0 Å². The van der Waals surface area contributed by atoms with E-state index in [-0.39, 0.29) is 5.78 Å². The molecule has 4 heteroatoms. The molecule has 0 aromatic heterocycles. The van der Waals surface area contributed by atoms with Crippen molar-refractivity contribution >= 4 is 5.78 Å². The van der Waals surface area contributed by atoms with Crippen molar-refractivity contribution in [1.82, 2.24) is 0 Å². The maximum absolute atomic E-state index is 12.5. The van der Waals surface area contributed by atoms with E-state index in [4.69, 9.17) is 0 Å². The monoisotopic (exact) mass is 278 g/mol. The summed E-state index contributed by atoms with van der Waals surface area (Å²) in [6, 6.07) is 13.4. The molecule has 2 rings (SSSR count). The van der Waals surface area contributed by atoms with Crippen LogP contribution >= 0.6 is 0 Å². The minimum Gasteiger partial charge on any atom is -0.294 e.